The molecule has 0 aliphatic carbocycles. The quantitative estimate of drug-likeness (QED) is 0.572. The summed E-state index contributed by atoms with van der Waals surface area (Å²) in [5.41, 5.74) is -0.564. The number of hydrogen-bond donors (Lipinski definition) is 2. The van der Waals surface area contributed by atoms with Crippen LogP contribution in [-0.2, 0) is 14.8 Å². The SMILES string of the molecule is CC(CCNS(=O)(=O)c1ccc([N+](=O)[O-])cc1F)C(=O)O. The van der Waals surface area contributed by atoms with Crippen molar-refractivity contribution in [3.63, 3.8) is 0 Å². The van der Waals surface area contributed by atoms with Crippen molar-refractivity contribution < 1.29 is 27.6 Å². The number of hydrogen-bond acceptors (Lipinski definition) is 5. The number of benzene rings is 1. The third-order valence-electron chi connectivity index (χ3n) is 2.71. The molecule has 0 heterocycles. The Morgan fingerprint density at radius 1 is 1.52 bits per heavy atom. The van der Waals surface area contributed by atoms with Crippen LogP contribution in [0.1, 0.15) is 13.3 Å². The number of carboxylic acids is 1. The minimum Gasteiger partial charge on any atom is -0.481 e. The molecule has 1 aromatic rings. The second-order valence-corrected chi connectivity index (χ2v) is 6.03. The Balaban J connectivity index is 2.84. The van der Waals surface area contributed by atoms with Gasteiger partial charge in [-0.25, -0.2) is 17.5 Å². The number of nitro groups is 1. The van der Waals surface area contributed by atoms with E-state index in [1.54, 1.807) is 0 Å². The summed E-state index contributed by atoms with van der Waals surface area (Å²) >= 11 is 0. The zero-order valence-electron chi connectivity index (χ0n) is 10.9. The van der Waals surface area contributed by atoms with Gasteiger partial charge in [0.05, 0.1) is 16.9 Å². The van der Waals surface area contributed by atoms with Crippen molar-refractivity contribution in [1.29, 1.82) is 0 Å². The number of nitro benzene ring substituents is 1. The van der Waals surface area contributed by atoms with E-state index in [1.807, 2.05) is 4.72 Å². The van der Waals surface area contributed by atoms with Crippen molar-refractivity contribution >= 4 is 21.7 Å². The number of sulfonamides is 1. The van der Waals surface area contributed by atoms with E-state index < -0.39 is 43.2 Å². The third kappa shape index (κ3) is 4.46. The molecule has 0 fully saturated rings. The molecule has 2 N–H and O–H groups in total. The Bertz CT molecular complexity index is 661. The second kappa shape index (κ2) is 6.59. The molecule has 0 amide bonds. The number of halogens is 1. The van der Waals surface area contributed by atoms with Gasteiger partial charge in [-0.15, -0.1) is 0 Å². The number of carbonyl (C=O) groups is 1. The van der Waals surface area contributed by atoms with Crippen molar-refractivity contribution in [2.75, 3.05) is 6.54 Å². The number of rotatable bonds is 7. The van der Waals surface area contributed by atoms with Crippen LogP contribution in [0.25, 0.3) is 0 Å². The van der Waals surface area contributed by atoms with Gasteiger partial charge in [0, 0.05) is 12.6 Å². The van der Waals surface area contributed by atoms with Crippen LogP contribution in [0.2, 0.25) is 0 Å². The van der Waals surface area contributed by atoms with E-state index in [4.69, 9.17) is 5.11 Å². The summed E-state index contributed by atoms with van der Waals surface area (Å²) in [6.07, 6.45) is 0.0309. The van der Waals surface area contributed by atoms with Gasteiger partial charge >= 0.3 is 5.97 Å². The molecule has 8 nitrogen and oxygen atoms in total. The number of non-ortho nitro benzene ring substituents is 1. The summed E-state index contributed by atoms with van der Waals surface area (Å²) in [4.78, 5) is 19.5. The van der Waals surface area contributed by atoms with Crippen molar-refractivity contribution in [1.82, 2.24) is 4.72 Å². The van der Waals surface area contributed by atoms with Crippen LogP contribution in [0.3, 0.4) is 0 Å². The predicted molar refractivity (Wildman–Crippen MR) is 69.7 cm³/mol. The molecule has 116 valence electrons. The molecule has 0 saturated carbocycles. The molecule has 0 saturated heterocycles. The smallest absolute Gasteiger partial charge is 0.306 e. The van der Waals surface area contributed by atoms with E-state index in [0.717, 1.165) is 12.1 Å². The lowest BCUT2D eigenvalue weighted by Gasteiger charge is -2.09. The first kappa shape index (κ1) is 17.0. The lowest BCUT2D eigenvalue weighted by molar-refractivity contribution is -0.385. The average molecular weight is 320 g/mol. The highest BCUT2D eigenvalue weighted by molar-refractivity contribution is 7.89. The molecule has 1 unspecified atom stereocenters. The summed E-state index contributed by atoms with van der Waals surface area (Å²) < 4.78 is 39.3. The van der Waals surface area contributed by atoms with Crippen LogP contribution in [0.4, 0.5) is 10.1 Å². The van der Waals surface area contributed by atoms with Gasteiger partial charge in [-0.1, -0.05) is 6.92 Å². The molecule has 1 rings (SSSR count). The highest BCUT2D eigenvalue weighted by Crippen LogP contribution is 2.20. The summed E-state index contributed by atoms with van der Waals surface area (Å²) in [6.45, 7) is 1.22. The van der Waals surface area contributed by atoms with Gasteiger partial charge in [-0.05, 0) is 12.5 Å². The topological polar surface area (TPSA) is 127 Å². The van der Waals surface area contributed by atoms with Gasteiger partial charge in [-0.3, -0.25) is 14.9 Å². The fourth-order valence-electron chi connectivity index (χ4n) is 1.43. The number of nitrogens with one attached hydrogen (secondary N) is 1. The molecule has 0 aliphatic rings. The summed E-state index contributed by atoms with van der Waals surface area (Å²) in [5.74, 6) is -3.08. The van der Waals surface area contributed by atoms with Crippen LogP contribution < -0.4 is 4.72 Å². The van der Waals surface area contributed by atoms with Crippen molar-refractivity contribution in [3.8, 4) is 0 Å². The largest absolute Gasteiger partial charge is 0.481 e. The normalized spacial score (nSPS) is 12.9. The van der Waals surface area contributed by atoms with E-state index in [2.05, 4.69) is 0 Å². The number of nitrogens with zero attached hydrogens (tertiary/aromatic N) is 1. The van der Waals surface area contributed by atoms with Crippen LogP contribution in [0, 0.1) is 21.8 Å². The first-order chi connectivity index (χ1) is 9.65. The number of carboxylic acid groups (broad SMARTS) is 1. The van der Waals surface area contributed by atoms with Gasteiger partial charge in [0.2, 0.25) is 10.0 Å². The second-order valence-electron chi connectivity index (χ2n) is 4.30. The van der Waals surface area contributed by atoms with Crippen molar-refractivity contribution in [2.45, 2.75) is 18.2 Å². The molecule has 1 atom stereocenters. The monoisotopic (exact) mass is 320 g/mol. The molecule has 0 aromatic heterocycles. The summed E-state index contributed by atoms with van der Waals surface area (Å²) in [6, 6.07) is 2.17. The van der Waals surface area contributed by atoms with Gasteiger partial charge in [0.25, 0.3) is 5.69 Å². The third-order valence-corrected chi connectivity index (χ3v) is 4.20. The minimum absolute atomic E-state index is 0.0309. The Labute approximate surface area is 119 Å². The summed E-state index contributed by atoms with van der Waals surface area (Å²) in [5, 5.41) is 19.1. The lowest BCUT2D eigenvalue weighted by Crippen LogP contribution is -2.28. The predicted octanol–water partition coefficient (Wildman–Crippen LogP) is 1.12. The van der Waals surface area contributed by atoms with Crippen LogP contribution in [0.15, 0.2) is 23.1 Å². The molecule has 1 aromatic carbocycles. The first-order valence-electron chi connectivity index (χ1n) is 5.81. The Morgan fingerprint density at radius 3 is 2.62 bits per heavy atom. The van der Waals surface area contributed by atoms with Gasteiger partial charge < -0.3 is 5.11 Å². The Morgan fingerprint density at radius 2 is 2.14 bits per heavy atom. The van der Waals surface area contributed by atoms with E-state index in [0.29, 0.717) is 6.07 Å². The van der Waals surface area contributed by atoms with Gasteiger partial charge in [-0.2, -0.15) is 0 Å². The lowest BCUT2D eigenvalue weighted by atomic mass is 10.1. The van der Waals surface area contributed by atoms with Crippen molar-refractivity contribution in [2.24, 2.45) is 5.92 Å². The molecular weight excluding hydrogens is 307 g/mol. The Hall–Kier alpha value is -2.07. The first-order valence-corrected chi connectivity index (χ1v) is 7.30. The van der Waals surface area contributed by atoms with Gasteiger partial charge in [0.15, 0.2) is 0 Å². The fraction of sp³-hybridized carbons (Fsp3) is 0.364. The highest BCUT2D eigenvalue weighted by atomic mass is 32.2. The van der Waals surface area contributed by atoms with Gasteiger partial charge in [0.1, 0.15) is 10.7 Å². The molecule has 0 spiro atoms. The van der Waals surface area contributed by atoms with Crippen LogP contribution >= 0.6 is 0 Å². The minimum atomic E-state index is -4.20. The fourth-order valence-corrected chi connectivity index (χ4v) is 2.54. The van der Waals surface area contributed by atoms with E-state index in [-0.39, 0.29) is 13.0 Å². The molecule has 0 bridgehead atoms. The summed E-state index contributed by atoms with van der Waals surface area (Å²) in [7, 11) is -4.20. The zero-order chi connectivity index (χ0) is 16.2. The molecule has 21 heavy (non-hydrogen) atoms. The van der Waals surface area contributed by atoms with E-state index in [9.17, 15) is 27.7 Å². The number of aliphatic carboxylic acids is 1. The molecule has 0 aliphatic heterocycles. The van der Waals surface area contributed by atoms with Crippen LogP contribution in [0.5, 0.6) is 0 Å². The molecule has 0 radical (unpaired) electrons. The van der Waals surface area contributed by atoms with E-state index in [1.165, 1.54) is 6.92 Å². The molecule has 10 heteroatoms. The highest BCUT2D eigenvalue weighted by Gasteiger charge is 2.22. The Kier molecular flexibility index (Phi) is 5.33. The average Bonchev–Trinajstić information content (AvgIpc) is 2.37. The van der Waals surface area contributed by atoms with E-state index >= 15 is 0 Å². The maximum Gasteiger partial charge on any atom is 0.306 e. The van der Waals surface area contributed by atoms with Crippen LogP contribution in [-0.4, -0.2) is 31.0 Å². The van der Waals surface area contributed by atoms with Crippen molar-refractivity contribution in [3.05, 3.63) is 34.1 Å². The molecular formula is C11H13FN2O6S. The maximum absolute atomic E-state index is 13.6. The maximum atomic E-state index is 13.6. The standard InChI is InChI=1S/C11H13FN2O6S/c1-7(11(15)16)4-5-13-21(19,20)10-3-2-8(14(17)18)6-9(10)12/h2-3,6-7,13H,4-5H2,1H3,(H,15,16). The zero-order valence-corrected chi connectivity index (χ0v) is 11.8.